The fourth-order valence-electron chi connectivity index (χ4n) is 3.26. The molecule has 1 saturated heterocycles. The minimum absolute atomic E-state index is 0.216. The Morgan fingerprint density at radius 2 is 1.79 bits per heavy atom. The van der Waals surface area contributed by atoms with E-state index >= 15 is 0 Å². The molecule has 1 aliphatic rings. The van der Waals surface area contributed by atoms with Crippen molar-refractivity contribution in [3.05, 3.63) is 35.5 Å². The third-order valence-electron chi connectivity index (χ3n) is 4.68. The van der Waals surface area contributed by atoms with Gasteiger partial charge in [0, 0.05) is 38.4 Å². The first kappa shape index (κ1) is 19.7. The zero-order valence-corrected chi connectivity index (χ0v) is 16.4. The second-order valence-electron chi connectivity index (χ2n) is 6.64. The number of nitrogens with two attached hydrogens (primary N) is 2. The quantitative estimate of drug-likeness (QED) is 0.365. The standard InChI is InChI=1S/C19H28N8O/c1-14-17(18(20)25-19(21)24-14)27-10-8-26(9-11-27)16-5-3-15(4-6-16)13-23-28-12-7-22-2/h3-6,13,22H,7-12H2,1-2H3,(H4,20,21,24,25)/b23-13+. The largest absolute Gasteiger partial charge is 0.394 e. The monoisotopic (exact) mass is 384 g/mol. The van der Waals surface area contributed by atoms with E-state index in [9.17, 15) is 0 Å². The summed E-state index contributed by atoms with van der Waals surface area (Å²) < 4.78 is 0. The number of piperazine rings is 1. The van der Waals surface area contributed by atoms with Gasteiger partial charge < -0.3 is 31.4 Å². The summed E-state index contributed by atoms with van der Waals surface area (Å²) >= 11 is 0. The Morgan fingerprint density at radius 1 is 1.11 bits per heavy atom. The van der Waals surface area contributed by atoms with Crippen LogP contribution in [0.25, 0.3) is 0 Å². The molecule has 0 spiro atoms. The lowest BCUT2D eigenvalue weighted by atomic mass is 10.2. The first-order chi connectivity index (χ1) is 13.6. The van der Waals surface area contributed by atoms with Crippen molar-refractivity contribution in [2.45, 2.75) is 6.92 Å². The highest BCUT2D eigenvalue weighted by molar-refractivity contribution is 5.80. The number of benzene rings is 1. The molecule has 0 saturated carbocycles. The predicted octanol–water partition coefficient (Wildman–Crippen LogP) is 0.846. The number of anilines is 4. The van der Waals surface area contributed by atoms with Gasteiger partial charge in [-0.3, -0.25) is 0 Å². The molecular formula is C19H28N8O. The lowest BCUT2D eigenvalue weighted by Gasteiger charge is -2.38. The van der Waals surface area contributed by atoms with Crippen molar-refractivity contribution < 1.29 is 4.84 Å². The Labute approximate surface area is 165 Å². The molecule has 5 N–H and O–H groups in total. The number of nitrogens with zero attached hydrogens (tertiary/aromatic N) is 5. The molecule has 0 atom stereocenters. The summed E-state index contributed by atoms with van der Waals surface area (Å²) in [6.07, 6.45) is 1.73. The van der Waals surface area contributed by atoms with Crippen LogP contribution in [-0.4, -0.2) is 62.6 Å². The predicted molar refractivity (Wildman–Crippen MR) is 114 cm³/mol. The van der Waals surface area contributed by atoms with E-state index in [0.717, 1.165) is 49.7 Å². The van der Waals surface area contributed by atoms with Crippen LogP contribution in [0, 0.1) is 6.92 Å². The van der Waals surface area contributed by atoms with Crippen LogP contribution in [0.15, 0.2) is 29.4 Å². The van der Waals surface area contributed by atoms with Crippen LogP contribution in [0.4, 0.5) is 23.1 Å². The second-order valence-corrected chi connectivity index (χ2v) is 6.64. The molecule has 2 aromatic rings. The number of hydrogen-bond donors (Lipinski definition) is 3. The van der Waals surface area contributed by atoms with Gasteiger partial charge in [-0.1, -0.05) is 17.3 Å². The van der Waals surface area contributed by atoms with E-state index in [-0.39, 0.29) is 5.95 Å². The molecular weight excluding hydrogens is 356 g/mol. The molecule has 150 valence electrons. The zero-order chi connectivity index (χ0) is 19.9. The first-order valence-electron chi connectivity index (χ1n) is 9.38. The maximum absolute atomic E-state index is 6.07. The van der Waals surface area contributed by atoms with Crippen LogP contribution in [0.2, 0.25) is 0 Å². The van der Waals surface area contributed by atoms with Crippen LogP contribution >= 0.6 is 0 Å². The summed E-state index contributed by atoms with van der Waals surface area (Å²) in [5.74, 6) is 0.660. The Morgan fingerprint density at radius 3 is 2.43 bits per heavy atom. The summed E-state index contributed by atoms with van der Waals surface area (Å²) in [4.78, 5) is 18.1. The highest BCUT2D eigenvalue weighted by Crippen LogP contribution is 2.27. The molecule has 0 bridgehead atoms. The molecule has 1 aliphatic heterocycles. The van der Waals surface area contributed by atoms with E-state index in [1.54, 1.807) is 6.21 Å². The van der Waals surface area contributed by atoms with Crippen molar-refractivity contribution in [1.29, 1.82) is 0 Å². The van der Waals surface area contributed by atoms with Crippen molar-refractivity contribution in [3.63, 3.8) is 0 Å². The van der Waals surface area contributed by atoms with Crippen molar-refractivity contribution in [1.82, 2.24) is 15.3 Å². The second kappa shape index (κ2) is 9.23. The van der Waals surface area contributed by atoms with Crippen LogP contribution in [0.3, 0.4) is 0 Å². The summed E-state index contributed by atoms with van der Waals surface area (Å²) in [5.41, 5.74) is 15.6. The van der Waals surface area contributed by atoms with Gasteiger partial charge in [-0.25, -0.2) is 4.98 Å². The van der Waals surface area contributed by atoms with Gasteiger partial charge in [-0.2, -0.15) is 4.98 Å². The van der Waals surface area contributed by atoms with Gasteiger partial charge in [-0.05, 0) is 31.7 Å². The molecule has 0 amide bonds. The highest BCUT2D eigenvalue weighted by atomic mass is 16.6. The zero-order valence-electron chi connectivity index (χ0n) is 16.4. The summed E-state index contributed by atoms with van der Waals surface area (Å²) in [6, 6.07) is 8.30. The molecule has 28 heavy (non-hydrogen) atoms. The number of oxime groups is 1. The van der Waals surface area contributed by atoms with Gasteiger partial charge in [0.25, 0.3) is 0 Å². The van der Waals surface area contributed by atoms with Crippen LogP contribution in [0.1, 0.15) is 11.3 Å². The van der Waals surface area contributed by atoms with Gasteiger partial charge in [-0.15, -0.1) is 0 Å². The number of aromatic nitrogens is 2. The lowest BCUT2D eigenvalue weighted by molar-refractivity contribution is 0.149. The van der Waals surface area contributed by atoms with E-state index in [1.165, 1.54) is 5.69 Å². The Balaban J connectivity index is 1.56. The number of nitrogen functional groups attached to an aromatic ring is 2. The first-order valence-corrected chi connectivity index (χ1v) is 9.38. The van der Waals surface area contributed by atoms with Crippen molar-refractivity contribution in [3.8, 4) is 0 Å². The number of rotatable bonds is 7. The molecule has 0 aliphatic carbocycles. The number of aryl methyl sites for hydroxylation is 1. The third kappa shape index (κ3) is 4.80. The SMILES string of the molecule is CNCCO/N=C/c1ccc(N2CCN(c3c(C)nc(N)nc3N)CC2)cc1. The van der Waals surface area contributed by atoms with Gasteiger partial charge in [0.2, 0.25) is 5.95 Å². The molecule has 0 radical (unpaired) electrons. The molecule has 1 aromatic carbocycles. The average Bonchev–Trinajstić information content (AvgIpc) is 2.68. The molecule has 0 unspecified atom stereocenters. The average molecular weight is 384 g/mol. The minimum atomic E-state index is 0.216. The number of likely N-dealkylation sites (N-methyl/N-ethyl adjacent to an activating group) is 1. The van der Waals surface area contributed by atoms with Gasteiger partial charge in [0.05, 0.1) is 11.9 Å². The molecule has 3 rings (SSSR count). The smallest absolute Gasteiger partial charge is 0.222 e. The summed E-state index contributed by atoms with van der Waals surface area (Å²) in [6.45, 7) is 6.72. The highest BCUT2D eigenvalue weighted by Gasteiger charge is 2.22. The van der Waals surface area contributed by atoms with E-state index in [2.05, 4.69) is 42.4 Å². The van der Waals surface area contributed by atoms with Gasteiger partial charge in [0.15, 0.2) is 5.82 Å². The van der Waals surface area contributed by atoms with Crippen molar-refractivity contribution in [2.75, 3.05) is 67.6 Å². The summed E-state index contributed by atoms with van der Waals surface area (Å²) in [5, 5.41) is 6.97. The molecule has 9 nitrogen and oxygen atoms in total. The summed E-state index contributed by atoms with van der Waals surface area (Å²) in [7, 11) is 1.88. The fraction of sp³-hybridized carbons (Fsp3) is 0.421. The number of nitrogens with one attached hydrogen (secondary N) is 1. The van der Waals surface area contributed by atoms with E-state index < -0.39 is 0 Å². The molecule has 1 aromatic heterocycles. The van der Waals surface area contributed by atoms with E-state index in [0.29, 0.717) is 12.4 Å². The molecule has 1 fully saturated rings. The topological polar surface area (TPSA) is 118 Å². The molecule has 2 heterocycles. The van der Waals surface area contributed by atoms with E-state index in [1.807, 2.05) is 26.1 Å². The third-order valence-corrected chi connectivity index (χ3v) is 4.68. The van der Waals surface area contributed by atoms with Crippen LogP contribution in [-0.2, 0) is 4.84 Å². The van der Waals surface area contributed by atoms with Gasteiger partial charge >= 0.3 is 0 Å². The maximum Gasteiger partial charge on any atom is 0.222 e. The van der Waals surface area contributed by atoms with E-state index in [4.69, 9.17) is 16.3 Å². The minimum Gasteiger partial charge on any atom is -0.394 e. The maximum atomic E-state index is 6.07. The molecule has 9 heteroatoms. The van der Waals surface area contributed by atoms with Crippen molar-refractivity contribution in [2.24, 2.45) is 5.16 Å². The van der Waals surface area contributed by atoms with Crippen LogP contribution in [0.5, 0.6) is 0 Å². The van der Waals surface area contributed by atoms with Crippen LogP contribution < -0.4 is 26.6 Å². The lowest BCUT2D eigenvalue weighted by Crippen LogP contribution is -2.47. The Kier molecular flexibility index (Phi) is 6.49. The fourth-order valence-corrected chi connectivity index (χ4v) is 3.26. The Bertz CT molecular complexity index is 777. The van der Waals surface area contributed by atoms with Gasteiger partial charge in [0.1, 0.15) is 12.3 Å². The van der Waals surface area contributed by atoms with Crippen molar-refractivity contribution >= 4 is 29.4 Å². The number of hydrogen-bond acceptors (Lipinski definition) is 9. The Hall–Kier alpha value is -3.07. The normalized spacial score (nSPS) is 14.6.